The van der Waals surface area contributed by atoms with Crippen LogP contribution in [0.25, 0.3) is 0 Å². The van der Waals surface area contributed by atoms with E-state index in [0.717, 1.165) is 45.2 Å². The van der Waals surface area contributed by atoms with E-state index in [2.05, 4.69) is 0 Å². The van der Waals surface area contributed by atoms with Crippen molar-refractivity contribution >= 4 is 11.7 Å². The normalized spacial score (nSPS) is 13.6. The predicted molar refractivity (Wildman–Crippen MR) is 87.2 cm³/mol. The van der Waals surface area contributed by atoms with Gasteiger partial charge in [0, 0.05) is 33.3 Å². The van der Waals surface area contributed by atoms with Crippen LogP contribution in [0.3, 0.4) is 0 Å². The molecule has 1 heterocycles. The Morgan fingerprint density at radius 1 is 1.00 bits per heavy atom. The molecule has 0 radical (unpaired) electrons. The van der Waals surface area contributed by atoms with Crippen molar-refractivity contribution in [1.82, 2.24) is 11.1 Å². The van der Waals surface area contributed by atoms with E-state index in [1.54, 1.807) is 0 Å². The van der Waals surface area contributed by atoms with Crippen molar-refractivity contribution in [3.05, 3.63) is 0 Å². The van der Waals surface area contributed by atoms with E-state index in [1.165, 1.54) is 0 Å². The van der Waals surface area contributed by atoms with Crippen LogP contribution >= 0.6 is 0 Å². The van der Waals surface area contributed by atoms with Crippen LogP contribution in [0.15, 0.2) is 0 Å². The molecular formula is C16H36N2O2. The standard InChI is InChI=1S/C14H25NO2.C2H6.H3N.H2/c1-12(2)13(16)8-4-3-5-9-14(17)15-10-6-7-11-15;1-2;;/h12H,3-11H2,1-2H3;1-2H3;1H3;1H. The molecule has 0 aromatic heterocycles. The summed E-state index contributed by atoms with van der Waals surface area (Å²) in [7, 11) is 0. The second kappa shape index (κ2) is 13.1. The molecule has 0 aliphatic carbocycles. The van der Waals surface area contributed by atoms with Gasteiger partial charge in [0.25, 0.3) is 0 Å². The molecule has 0 bridgehead atoms. The van der Waals surface area contributed by atoms with E-state index in [0.29, 0.717) is 24.5 Å². The average Bonchev–Trinajstić information content (AvgIpc) is 2.94. The van der Waals surface area contributed by atoms with Crippen molar-refractivity contribution in [2.75, 3.05) is 13.1 Å². The molecule has 3 N–H and O–H groups in total. The van der Waals surface area contributed by atoms with Gasteiger partial charge >= 0.3 is 0 Å². The van der Waals surface area contributed by atoms with Crippen LogP contribution < -0.4 is 6.15 Å². The Hall–Kier alpha value is -0.900. The molecule has 1 rings (SSSR count). The number of unbranched alkanes of at least 4 members (excludes halogenated alkanes) is 2. The molecule has 1 fully saturated rings. The monoisotopic (exact) mass is 288 g/mol. The summed E-state index contributed by atoms with van der Waals surface area (Å²) in [4.78, 5) is 25.1. The lowest BCUT2D eigenvalue weighted by Gasteiger charge is -2.14. The molecule has 0 spiro atoms. The first kappa shape index (κ1) is 21.4. The molecule has 0 saturated carbocycles. The fourth-order valence-electron chi connectivity index (χ4n) is 2.17. The topological polar surface area (TPSA) is 72.4 Å². The fraction of sp³-hybridized carbons (Fsp3) is 0.875. The zero-order chi connectivity index (χ0) is 14.7. The van der Waals surface area contributed by atoms with Crippen LogP contribution in [0.1, 0.15) is 74.1 Å². The average molecular weight is 288 g/mol. The summed E-state index contributed by atoms with van der Waals surface area (Å²) in [6.45, 7) is 9.79. The molecule has 4 nitrogen and oxygen atoms in total. The largest absolute Gasteiger partial charge is 0.344 e. The molecule has 0 aromatic rings. The van der Waals surface area contributed by atoms with E-state index < -0.39 is 0 Å². The maximum absolute atomic E-state index is 11.7. The van der Waals surface area contributed by atoms with E-state index in [4.69, 9.17) is 0 Å². The van der Waals surface area contributed by atoms with Gasteiger partial charge in [-0.2, -0.15) is 0 Å². The molecule has 122 valence electrons. The summed E-state index contributed by atoms with van der Waals surface area (Å²) in [5, 5.41) is 0. The van der Waals surface area contributed by atoms with Gasteiger partial charge < -0.3 is 11.1 Å². The van der Waals surface area contributed by atoms with E-state index in [9.17, 15) is 9.59 Å². The smallest absolute Gasteiger partial charge is 0.222 e. The summed E-state index contributed by atoms with van der Waals surface area (Å²) in [5.41, 5.74) is 0. The first-order valence-electron chi connectivity index (χ1n) is 7.91. The van der Waals surface area contributed by atoms with Gasteiger partial charge in [-0.3, -0.25) is 9.59 Å². The second-order valence-electron chi connectivity index (χ2n) is 5.27. The summed E-state index contributed by atoms with van der Waals surface area (Å²) in [6, 6.07) is 0. The minimum atomic E-state index is 0. The van der Waals surface area contributed by atoms with E-state index in [1.807, 2.05) is 32.6 Å². The fourth-order valence-corrected chi connectivity index (χ4v) is 2.17. The molecule has 0 unspecified atom stereocenters. The summed E-state index contributed by atoms with van der Waals surface area (Å²) < 4.78 is 0. The molecule has 4 heteroatoms. The third kappa shape index (κ3) is 9.08. The van der Waals surface area contributed by atoms with Gasteiger partial charge in [0.15, 0.2) is 0 Å². The Bertz CT molecular complexity index is 265. The number of carbonyl (C=O) groups excluding carboxylic acids is 2. The third-order valence-electron chi connectivity index (χ3n) is 3.42. The highest BCUT2D eigenvalue weighted by atomic mass is 16.2. The quantitative estimate of drug-likeness (QED) is 0.713. The van der Waals surface area contributed by atoms with Crippen molar-refractivity contribution in [2.24, 2.45) is 5.92 Å². The van der Waals surface area contributed by atoms with E-state index in [-0.39, 0.29) is 13.5 Å². The molecule has 1 aliphatic heterocycles. The van der Waals surface area contributed by atoms with Gasteiger partial charge in [-0.25, -0.2) is 0 Å². The predicted octanol–water partition coefficient (Wildman–Crippen LogP) is 4.22. The number of ketones is 1. The van der Waals surface area contributed by atoms with Crippen LogP contribution in [-0.4, -0.2) is 29.7 Å². The number of likely N-dealkylation sites (tertiary alicyclic amines) is 1. The lowest BCUT2D eigenvalue weighted by molar-refractivity contribution is -0.130. The van der Waals surface area contributed by atoms with Crippen molar-refractivity contribution < 1.29 is 11.0 Å². The van der Waals surface area contributed by atoms with Crippen molar-refractivity contribution in [2.45, 2.75) is 72.6 Å². The van der Waals surface area contributed by atoms with Gasteiger partial charge in [-0.15, -0.1) is 0 Å². The number of amides is 1. The highest BCUT2D eigenvalue weighted by Crippen LogP contribution is 2.12. The molecular weight excluding hydrogens is 252 g/mol. The van der Waals surface area contributed by atoms with Crippen LogP contribution in [0.2, 0.25) is 0 Å². The van der Waals surface area contributed by atoms with Gasteiger partial charge in [-0.05, 0) is 25.7 Å². The maximum atomic E-state index is 11.7. The molecule has 1 saturated heterocycles. The van der Waals surface area contributed by atoms with Gasteiger partial charge in [0.2, 0.25) is 5.91 Å². The summed E-state index contributed by atoms with van der Waals surface area (Å²) >= 11 is 0. The lowest BCUT2D eigenvalue weighted by atomic mass is 10.0. The van der Waals surface area contributed by atoms with Crippen molar-refractivity contribution in [3.8, 4) is 0 Å². The zero-order valence-electron chi connectivity index (χ0n) is 13.9. The lowest BCUT2D eigenvalue weighted by Crippen LogP contribution is -2.27. The Morgan fingerprint density at radius 3 is 2.00 bits per heavy atom. The highest BCUT2D eigenvalue weighted by molar-refractivity contribution is 5.80. The van der Waals surface area contributed by atoms with Crippen LogP contribution in [0, 0.1) is 5.92 Å². The zero-order valence-corrected chi connectivity index (χ0v) is 13.9. The Balaban J connectivity index is -0.000000774. The van der Waals surface area contributed by atoms with Gasteiger partial charge in [0.1, 0.15) is 5.78 Å². The number of carbonyl (C=O) groups is 2. The van der Waals surface area contributed by atoms with Crippen molar-refractivity contribution in [1.29, 1.82) is 0 Å². The van der Waals surface area contributed by atoms with Crippen LogP contribution in [0.5, 0.6) is 0 Å². The molecule has 1 amide bonds. The van der Waals surface area contributed by atoms with Gasteiger partial charge in [-0.1, -0.05) is 34.1 Å². The van der Waals surface area contributed by atoms with Gasteiger partial charge in [0.05, 0.1) is 0 Å². The minimum absolute atomic E-state index is 0. The third-order valence-corrected chi connectivity index (χ3v) is 3.42. The van der Waals surface area contributed by atoms with Crippen LogP contribution in [0.4, 0.5) is 0 Å². The first-order chi connectivity index (χ1) is 9.11. The Morgan fingerprint density at radius 2 is 1.50 bits per heavy atom. The van der Waals surface area contributed by atoms with E-state index >= 15 is 0 Å². The molecule has 20 heavy (non-hydrogen) atoms. The SMILES string of the molecule is CC.CC(C)C(=O)CCCCCC(=O)N1CCCC1.N.[HH]. The Kier molecular flexibility index (Phi) is 14.0. The minimum Gasteiger partial charge on any atom is -0.344 e. The molecule has 1 aliphatic rings. The number of hydrogen-bond acceptors (Lipinski definition) is 3. The van der Waals surface area contributed by atoms with Crippen molar-refractivity contribution in [3.63, 3.8) is 0 Å². The molecule has 0 atom stereocenters. The first-order valence-corrected chi connectivity index (χ1v) is 7.91. The summed E-state index contributed by atoms with van der Waals surface area (Å²) in [6.07, 6.45) is 6.53. The molecule has 0 aromatic carbocycles. The number of Topliss-reactive ketones (excluding diaryl/α,β-unsaturated/α-hetero) is 1. The Labute approximate surface area is 126 Å². The second-order valence-corrected chi connectivity index (χ2v) is 5.27. The highest BCUT2D eigenvalue weighted by Gasteiger charge is 2.16. The number of rotatable bonds is 7. The number of nitrogens with zero attached hydrogens (tertiary/aromatic N) is 1. The number of hydrogen-bond donors (Lipinski definition) is 1. The van der Waals surface area contributed by atoms with Crippen LogP contribution in [-0.2, 0) is 9.59 Å². The summed E-state index contributed by atoms with van der Waals surface area (Å²) in [5.74, 6) is 0.801. The maximum Gasteiger partial charge on any atom is 0.222 e.